The summed E-state index contributed by atoms with van der Waals surface area (Å²) < 4.78 is 0. The summed E-state index contributed by atoms with van der Waals surface area (Å²) in [5.41, 5.74) is 1.11. The standard InChI is InChI=1S/C13H17NO2S/c1-2-9(7-15)14-13(16)11-8-17-12-6-4-3-5-10(11)12/h3-6,9,11,15H,2,7-8H2,1H3,(H,14,16)/t9-,11?/m0/s1. The highest BCUT2D eigenvalue weighted by Crippen LogP contribution is 2.39. The molecule has 1 aliphatic rings. The van der Waals surface area contributed by atoms with E-state index in [1.54, 1.807) is 11.8 Å². The number of hydrogen-bond donors (Lipinski definition) is 2. The third kappa shape index (κ3) is 2.64. The predicted molar refractivity (Wildman–Crippen MR) is 69.2 cm³/mol. The lowest BCUT2D eigenvalue weighted by molar-refractivity contribution is -0.123. The van der Waals surface area contributed by atoms with Crippen LogP contribution in [0.1, 0.15) is 24.8 Å². The lowest BCUT2D eigenvalue weighted by Gasteiger charge is -2.17. The summed E-state index contributed by atoms with van der Waals surface area (Å²) in [5.74, 6) is 0.757. The fourth-order valence-corrected chi connectivity index (χ4v) is 3.19. The summed E-state index contributed by atoms with van der Waals surface area (Å²) in [6.45, 7) is 1.96. The number of amides is 1. The fraction of sp³-hybridized carbons (Fsp3) is 0.462. The van der Waals surface area contributed by atoms with Gasteiger partial charge in [0.25, 0.3) is 0 Å². The molecule has 2 atom stereocenters. The molecule has 0 saturated heterocycles. The summed E-state index contributed by atoms with van der Waals surface area (Å²) in [7, 11) is 0. The lowest BCUT2D eigenvalue weighted by Crippen LogP contribution is -2.39. The molecule has 1 amide bonds. The molecule has 4 heteroatoms. The fourth-order valence-electron chi connectivity index (χ4n) is 1.96. The van der Waals surface area contributed by atoms with Gasteiger partial charge in [0.1, 0.15) is 0 Å². The Labute approximate surface area is 106 Å². The van der Waals surface area contributed by atoms with E-state index >= 15 is 0 Å². The van der Waals surface area contributed by atoms with Crippen molar-refractivity contribution >= 4 is 17.7 Å². The first-order chi connectivity index (χ1) is 8.26. The minimum Gasteiger partial charge on any atom is -0.394 e. The molecule has 17 heavy (non-hydrogen) atoms. The Hall–Kier alpha value is -1.00. The number of aliphatic hydroxyl groups excluding tert-OH is 1. The summed E-state index contributed by atoms with van der Waals surface area (Å²) in [5, 5.41) is 12.0. The van der Waals surface area contributed by atoms with Gasteiger partial charge in [-0.1, -0.05) is 25.1 Å². The van der Waals surface area contributed by atoms with E-state index in [4.69, 9.17) is 5.11 Å². The molecule has 1 heterocycles. The van der Waals surface area contributed by atoms with Gasteiger partial charge in [0.15, 0.2) is 0 Å². The van der Waals surface area contributed by atoms with E-state index in [0.717, 1.165) is 17.7 Å². The second kappa shape index (κ2) is 5.56. The van der Waals surface area contributed by atoms with Gasteiger partial charge >= 0.3 is 0 Å². The van der Waals surface area contributed by atoms with Gasteiger partial charge < -0.3 is 10.4 Å². The molecule has 92 valence electrons. The van der Waals surface area contributed by atoms with Crippen LogP contribution in [-0.2, 0) is 4.79 Å². The molecule has 2 N–H and O–H groups in total. The van der Waals surface area contributed by atoms with Crippen molar-refractivity contribution in [1.82, 2.24) is 5.32 Å². The Balaban J connectivity index is 2.07. The van der Waals surface area contributed by atoms with E-state index in [1.807, 2.05) is 25.1 Å². The van der Waals surface area contributed by atoms with Crippen molar-refractivity contribution in [2.24, 2.45) is 0 Å². The Kier molecular flexibility index (Phi) is 4.07. The number of benzene rings is 1. The van der Waals surface area contributed by atoms with Crippen LogP contribution >= 0.6 is 11.8 Å². The van der Waals surface area contributed by atoms with Crippen LogP contribution in [0.15, 0.2) is 29.2 Å². The van der Waals surface area contributed by atoms with Crippen molar-refractivity contribution in [1.29, 1.82) is 0 Å². The minimum absolute atomic E-state index is 0.00372. The zero-order valence-electron chi connectivity index (χ0n) is 9.85. The largest absolute Gasteiger partial charge is 0.394 e. The molecule has 0 aromatic heterocycles. The predicted octanol–water partition coefficient (Wildman–Crippen LogP) is 1.76. The maximum absolute atomic E-state index is 12.1. The van der Waals surface area contributed by atoms with Crippen LogP contribution in [0.5, 0.6) is 0 Å². The first-order valence-corrected chi connectivity index (χ1v) is 6.87. The van der Waals surface area contributed by atoms with Crippen molar-refractivity contribution in [2.45, 2.75) is 30.2 Å². The van der Waals surface area contributed by atoms with E-state index in [9.17, 15) is 4.79 Å². The van der Waals surface area contributed by atoms with Crippen molar-refractivity contribution in [3.05, 3.63) is 29.8 Å². The summed E-state index contributed by atoms with van der Waals surface area (Å²) in [6, 6.07) is 7.90. The highest BCUT2D eigenvalue weighted by atomic mass is 32.2. The molecular formula is C13H17NO2S. The topological polar surface area (TPSA) is 49.3 Å². The third-order valence-corrected chi connectivity index (χ3v) is 4.26. The van der Waals surface area contributed by atoms with Crippen LogP contribution in [0, 0.1) is 0 Å². The molecule has 0 radical (unpaired) electrons. The van der Waals surface area contributed by atoms with Crippen molar-refractivity contribution < 1.29 is 9.90 Å². The number of rotatable bonds is 4. The number of hydrogen-bond acceptors (Lipinski definition) is 3. The zero-order valence-corrected chi connectivity index (χ0v) is 10.7. The van der Waals surface area contributed by atoms with Gasteiger partial charge in [0.05, 0.1) is 18.6 Å². The van der Waals surface area contributed by atoms with Gasteiger partial charge in [-0.25, -0.2) is 0 Å². The number of carbonyl (C=O) groups excluding carboxylic acids is 1. The summed E-state index contributed by atoms with van der Waals surface area (Å²) in [6.07, 6.45) is 0.754. The maximum Gasteiger partial charge on any atom is 0.228 e. The average Bonchev–Trinajstić information content (AvgIpc) is 2.79. The molecule has 0 saturated carbocycles. The molecule has 1 unspecified atom stereocenters. The van der Waals surface area contributed by atoms with Crippen molar-refractivity contribution in [3.63, 3.8) is 0 Å². The molecule has 1 aromatic carbocycles. The minimum atomic E-state index is -0.125. The molecule has 0 aliphatic carbocycles. The van der Waals surface area contributed by atoms with Crippen molar-refractivity contribution in [2.75, 3.05) is 12.4 Å². The van der Waals surface area contributed by atoms with E-state index < -0.39 is 0 Å². The van der Waals surface area contributed by atoms with E-state index in [1.165, 1.54) is 4.90 Å². The third-order valence-electron chi connectivity index (χ3n) is 3.08. The SMILES string of the molecule is CC[C@@H](CO)NC(=O)C1CSc2ccccc21. The van der Waals surface area contributed by atoms with Gasteiger partial charge in [-0.2, -0.15) is 0 Å². The molecule has 3 nitrogen and oxygen atoms in total. The number of aliphatic hydroxyl groups is 1. The van der Waals surface area contributed by atoms with Gasteiger partial charge in [-0.3, -0.25) is 4.79 Å². The normalized spacial score (nSPS) is 19.8. The van der Waals surface area contributed by atoms with Crippen LogP contribution in [-0.4, -0.2) is 29.4 Å². The zero-order chi connectivity index (χ0) is 12.3. The van der Waals surface area contributed by atoms with Crippen molar-refractivity contribution in [3.8, 4) is 0 Å². The lowest BCUT2D eigenvalue weighted by atomic mass is 10.00. The van der Waals surface area contributed by atoms with E-state index in [-0.39, 0.29) is 24.5 Å². The number of fused-ring (bicyclic) bond motifs is 1. The highest BCUT2D eigenvalue weighted by Gasteiger charge is 2.29. The second-order valence-corrected chi connectivity index (χ2v) is 5.26. The van der Waals surface area contributed by atoms with Gasteiger partial charge in [-0.05, 0) is 18.1 Å². The maximum atomic E-state index is 12.1. The Morgan fingerprint density at radius 2 is 2.35 bits per heavy atom. The number of carbonyl (C=O) groups is 1. The monoisotopic (exact) mass is 251 g/mol. The first kappa shape index (κ1) is 12.5. The van der Waals surface area contributed by atoms with E-state index in [2.05, 4.69) is 11.4 Å². The molecule has 2 rings (SSSR count). The second-order valence-electron chi connectivity index (χ2n) is 4.20. The molecule has 1 aromatic rings. The molecule has 0 fully saturated rings. The average molecular weight is 251 g/mol. The van der Waals surface area contributed by atoms with Crippen LogP contribution < -0.4 is 5.32 Å². The van der Waals surface area contributed by atoms with Crippen LogP contribution in [0.3, 0.4) is 0 Å². The quantitative estimate of drug-likeness (QED) is 0.857. The van der Waals surface area contributed by atoms with Gasteiger partial charge in [-0.15, -0.1) is 11.8 Å². The van der Waals surface area contributed by atoms with Crippen LogP contribution in [0.2, 0.25) is 0 Å². The molecule has 0 bridgehead atoms. The first-order valence-electron chi connectivity index (χ1n) is 5.89. The Morgan fingerprint density at radius 1 is 1.59 bits per heavy atom. The summed E-state index contributed by atoms with van der Waals surface area (Å²) in [4.78, 5) is 13.3. The van der Waals surface area contributed by atoms with E-state index in [0.29, 0.717) is 0 Å². The Morgan fingerprint density at radius 3 is 3.06 bits per heavy atom. The highest BCUT2D eigenvalue weighted by molar-refractivity contribution is 7.99. The molecular weight excluding hydrogens is 234 g/mol. The molecule has 1 aliphatic heterocycles. The molecule has 0 spiro atoms. The number of thioether (sulfide) groups is 1. The summed E-state index contributed by atoms with van der Waals surface area (Å²) >= 11 is 1.72. The smallest absolute Gasteiger partial charge is 0.228 e. The van der Waals surface area contributed by atoms with Gasteiger partial charge in [0, 0.05) is 10.6 Å². The van der Waals surface area contributed by atoms with Crippen LogP contribution in [0.4, 0.5) is 0 Å². The van der Waals surface area contributed by atoms with Gasteiger partial charge in [0.2, 0.25) is 5.91 Å². The Bertz CT molecular complexity index is 404. The number of nitrogens with one attached hydrogen (secondary N) is 1. The van der Waals surface area contributed by atoms with Crippen LogP contribution in [0.25, 0.3) is 0 Å².